The molecule has 0 unspecified atom stereocenters. The summed E-state index contributed by atoms with van der Waals surface area (Å²) in [6.45, 7) is 2.62. The Bertz CT molecular complexity index is 570. The lowest BCUT2D eigenvalue weighted by molar-refractivity contribution is -0.384. The summed E-state index contributed by atoms with van der Waals surface area (Å²) in [6.07, 6.45) is 1.26. The molecule has 0 aromatic heterocycles. The van der Waals surface area contributed by atoms with E-state index in [1.54, 1.807) is 6.07 Å². The van der Waals surface area contributed by atoms with E-state index in [9.17, 15) is 19.7 Å². The molecule has 0 saturated carbocycles. The van der Waals surface area contributed by atoms with Crippen LogP contribution in [-0.4, -0.2) is 28.2 Å². The Kier molecular flexibility index (Phi) is 4.52. The minimum atomic E-state index is -0.487. The molecule has 1 heterocycles. The summed E-state index contributed by atoms with van der Waals surface area (Å²) >= 11 is 0. The van der Waals surface area contributed by atoms with Crippen molar-refractivity contribution in [3.63, 3.8) is 0 Å². The number of nitrogens with zero attached hydrogens (tertiary/aromatic N) is 2. The Morgan fingerprint density at radius 3 is 2.52 bits per heavy atom. The van der Waals surface area contributed by atoms with Crippen molar-refractivity contribution in [3.05, 3.63) is 33.9 Å². The quantitative estimate of drug-likeness (QED) is 0.509. The molecule has 21 heavy (non-hydrogen) atoms. The maximum Gasteiger partial charge on any atom is 0.269 e. The molecule has 0 aliphatic carbocycles. The zero-order valence-electron chi connectivity index (χ0n) is 11.8. The number of carbonyl (C=O) groups is 2. The van der Waals surface area contributed by atoms with E-state index in [0.717, 1.165) is 0 Å². The lowest BCUT2D eigenvalue weighted by Gasteiger charge is -2.25. The fourth-order valence-electron chi connectivity index (χ4n) is 2.33. The number of rotatable bonds is 5. The van der Waals surface area contributed by atoms with Crippen molar-refractivity contribution in [1.82, 2.24) is 4.90 Å². The lowest BCUT2D eigenvalue weighted by atomic mass is 10.1. The van der Waals surface area contributed by atoms with Gasteiger partial charge in [-0.25, -0.2) is 0 Å². The molecule has 112 valence electrons. The van der Waals surface area contributed by atoms with Gasteiger partial charge in [0.15, 0.2) is 0 Å². The third kappa shape index (κ3) is 3.36. The van der Waals surface area contributed by atoms with Crippen LogP contribution in [0.1, 0.15) is 31.7 Å². The molecule has 0 radical (unpaired) electrons. The first-order valence-electron chi connectivity index (χ1n) is 6.87. The number of imide groups is 1. The third-order valence-electron chi connectivity index (χ3n) is 3.38. The van der Waals surface area contributed by atoms with Gasteiger partial charge in [0.1, 0.15) is 0 Å². The van der Waals surface area contributed by atoms with Crippen LogP contribution in [0, 0.1) is 10.1 Å². The van der Waals surface area contributed by atoms with Crippen LogP contribution in [0.15, 0.2) is 18.2 Å². The Morgan fingerprint density at radius 1 is 1.29 bits per heavy atom. The van der Waals surface area contributed by atoms with Gasteiger partial charge in [-0.15, -0.1) is 0 Å². The monoisotopic (exact) mass is 291 g/mol. The second-order valence-electron chi connectivity index (χ2n) is 4.86. The Labute approximate surface area is 122 Å². The molecule has 0 spiro atoms. The smallest absolute Gasteiger partial charge is 0.269 e. The van der Waals surface area contributed by atoms with E-state index < -0.39 is 4.92 Å². The van der Waals surface area contributed by atoms with E-state index in [-0.39, 0.29) is 24.0 Å². The number of nitro benzene ring substituents is 1. The number of hydrogen-bond acceptors (Lipinski definition) is 5. The molecule has 1 aliphatic heterocycles. The first kappa shape index (κ1) is 15.0. The number of carbonyl (C=O) groups excluding carboxylic acids is 2. The third-order valence-corrected chi connectivity index (χ3v) is 3.38. The van der Waals surface area contributed by atoms with Crippen LogP contribution in [-0.2, 0) is 16.1 Å². The van der Waals surface area contributed by atoms with Crippen LogP contribution >= 0.6 is 0 Å². The van der Waals surface area contributed by atoms with Crippen molar-refractivity contribution < 1.29 is 14.5 Å². The summed E-state index contributed by atoms with van der Waals surface area (Å²) in [7, 11) is 0. The van der Waals surface area contributed by atoms with Gasteiger partial charge in [0.25, 0.3) is 5.69 Å². The number of amides is 2. The molecule has 7 heteroatoms. The van der Waals surface area contributed by atoms with E-state index in [2.05, 4.69) is 5.32 Å². The van der Waals surface area contributed by atoms with Gasteiger partial charge in [-0.05, 0) is 19.4 Å². The highest BCUT2D eigenvalue weighted by Crippen LogP contribution is 2.25. The summed E-state index contributed by atoms with van der Waals surface area (Å²) in [5.74, 6) is -0.444. The summed E-state index contributed by atoms with van der Waals surface area (Å²) < 4.78 is 0. The topological polar surface area (TPSA) is 92.6 Å². The fourth-order valence-corrected chi connectivity index (χ4v) is 2.33. The highest BCUT2D eigenvalue weighted by molar-refractivity contribution is 5.97. The van der Waals surface area contributed by atoms with Gasteiger partial charge in [0.2, 0.25) is 11.8 Å². The van der Waals surface area contributed by atoms with Gasteiger partial charge in [-0.2, -0.15) is 0 Å². The SMILES string of the molecule is CCNc1ccc([N+](=O)[O-])cc1CN1C(=O)CCCC1=O. The van der Waals surface area contributed by atoms with Gasteiger partial charge >= 0.3 is 0 Å². The number of anilines is 1. The van der Waals surface area contributed by atoms with Crippen LogP contribution in [0.3, 0.4) is 0 Å². The number of nitro groups is 1. The van der Waals surface area contributed by atoms with Gasteiger partial charge in [-0.3, -0.25) is 24.6 Å². The van der Waals surface area contributed by atoms with E-state index in [1.165, 1.54) is 17.0 Å². The number of nitrogens with one attached hydrogen (secondary N) is 1. The molecular formula is C14H17N3O4. The van der Waals surface area contributed by atoms with Gasteiger partial charge in [0.05, 0.1) is 11.5 Å². The predicted molar refractivity (Wildman–Crippen MR) is 76.7 cm³/mol. The zero-order chi connectivity index (χ0) is 15.4. The number of benzene rings is 1. The average Bonchev–Trinajstić information content (AvgIpc) is 2.44. The molecular weight excluding hydrogens is 274 g/mol. The molecule has 1 N–H and O–H groups in total. The van der Waals surface area contributed by atoms with Crippen molar-refractivity contribution >= 4 is 23.2 Å². The Balaban J connectivity index is 2.31. The van der Waals surface area contributed by atoms with Crippen molar-refractivity contribution in [2.24, 2.45) is 0 Å². The molecule has 1 saturated heterocycles. The largest absolute Gasteiger partial charge is 0.385 e. The van der Waals surface area contributed by atoms with Crippen molar-refractivity contribution in [2.45, 2.75) is 32.7 Å². The standard InChI is InChI=1S/C14H17N3O4/c1-2-15-12-7-6-11(17(20)21)8-10(12)9-16-13(18)4-3-5-14(16)19/h6-8,15H,2-5,9H2,1H3. The summed E-state index contributed by atoms with van der Waals surface area (Å²) in [4.78, 5) is 35.3. The summed E-state index contributed by atoms with van der Waals surface area (Å²) in [5.41, 5.74) is 1.23. The van der Waals surface area contributed by atoms with Crippen LogP contribution in [0.4, 0.5) is 11.4 Å². The molecule has 0 bridgehead atoms. The highest BCUT2D eigenvalue weighted by Gasteiger charge is 2.27. The maximum absolute atomic E-state index is 11.8. The first-order valence-corrected chi connectivity index (χ1v) is 6.87. The number of non-ortho nitro benzene ring substituents is 1. The zero-order valence-corrected chi connectivity index (χ0v) is 11.8. The van der Waals surface area contributed by atoms with Crippen molar-refractivity contribution in [1.29, 1.82) is 0 Å². The van der Waals surface area contributed by atoms with Crippen molar-refractivity contribution in [2.75, 3.05) is 11.9 Å². The summed E-state index contributed by atoms with van der Waals surface area (Å²) in [6, 6.07) is 4.42. The summed E-state index contributed by atoms with van der Waals surface area (Å²) in [5, 5.41) is 14.0. The molecule has 1 fully saturated rings. The predicted octanol–water partition coefficient (Wildman–Crippen LogP) is 2.07. The second kappa shape index (κ2) is 6.34. The second-order valence-corrected chi connectivity index (χ2v) is 4.86. The molecule has 7 nitrogen and oxygen atoms in total. The number of likely N-dealkylation sites (tertiary alicyclic amines) is 1. The molecule has 1 aromatic carbocycles. The Hall–Kier alpha value is -2.44. The average molecular weight is 291 g/mol. The molecule has 1 aromatic rings. The van der Waals surface area contributed by atoms with E-state index in [0.29, 0.717) is 37.1 Å². The van der Waals surface area contributed by atoms with E-state index in [1.807, 2.05) is 6.92 Å². The fraction of sp³-hybridized carbons (Fsp3) is 0.429. The lowest BCUT2D eigenvalue weighted by Crippen LogP contribution is -2.39. The van der Waals surface area contributed by atoms with Crippen molar-refractivity contribution in [3.8, 4) is 0 Å². The van der Waals surface area contributed by atoms with E-state index in [4.69, 9.17) is 0 Å². The normalized spacial score (nSPS) is 15.2. The number of hydrogen-bond donors (Lipinski definition) is 1. The minimum absolute atomic E-state index is 0.0523. The van der Waals surface area contributed by atoms with Gasteiger partial charge < -0.3 is 5.32 Å². The molecule has 2 rings (SSSR count). The number of piperidine rings is 1. The maximum atomic E-state index is 11.8. The first-order chi connectivity index (χ1) is 10.0. The highest BCUT2D eigenvalue weighted by atomic mass is 16.6. The van der Waals surface area contributed by atoms with Gasteiger partial charge in [-0.1, -0.05) is 0 Å². The van der Waals surface area contributed by atoms with Gasteiger partial charge in [0, 0.05) is 42.8 Å². The van der Waals surface area contributed by atoms with Crippen LogP contribution in [0.25, 0.3) is 0 Å². The molecule has 2 amide bonds. The van der Waals surface area contributed by atoms with Crippen LogP contribution in [0.5, 0.6) is 0 Å². The van der Waals surface area contributed by atoms with Crippen LogP contribution in [0.2, 0.25) is 0 Å². The minimum Gasteiger partial charge on any atom is -0.385 e. The van der Waals surface area contributed by atoms with E-state index >= 15 is 0 Å². The molecule has 1 aliphatic rings. The molecule has 0 atom stereocenters. The van der Waals surface area contributed by atoms with Crippen LogP contribution < -0.4 is 5.32 Å². The Morgan fingerprint density at radius 2 is 1.95 bits per heavy atom.